The van der Waals surface area contributed by atoms with Crippen molar-refractivity contribution in [3.8, 4) is 0 Å². The van der Waals surface area contributed by atoms with Crippen molar-refractivity contribution in [2.75, 3.05) is 19.6 Å². The lowest BCUT2D eigenvalue weighted by Crippen LogP contribution is -2.48. The molecule has 0 radical (unpaired) electrons. The summed E-state index contributed by atoms with van der Waals surface area (Å²) in [6, 6.07) is 6.07. The molecule has 2 saturated heterocycles. The minimum atomic E-state index is -0.318. The van der Waals surface area contributed by atoms with E-state index < -0.39 is 0 Å². The van der Waals surface area contributed by atoms with Crippen molar-refractivity contribution < 1.29 is 18.8 Å². The Labute approximate surface area is 165 Å². The highest BCUT2D eigenvalue weighted by Gasteiger charge is 2.38. The van der Waals surface area contributed by atoms with Gasteiger partial charge in [0.25, 0.3) is 0 Å². The van der Waals surface area contributed by atoms with Gasteiger partial charge in [-0.15, -0.1) is 0 Å². The van der Waals surface area contributed by atoms with Crippen LogP contribution in [0.4, 0.5) is 4.39 Å². The number of piperidine rings is 1. The van der Waals surface area contributed by atoms with E-state index in [0.717, 1.165) is 5.56 Å². The fraction of sp³-hybridized carbons (Fsp3) is 0.571. The molecule has 1 aromatic carbocycles. The molecule has 0 aromatic heterocycles. The molecule has 1 N–H and O–H groups in total. The first kappa shape index (κ1) is 20.3. The lowest BCUT2D eigenvalue weighted by Gasteiger charge is -2.34. The van der Waals surface area contributed by atoms with Crippen LogP contribution in [0.1, 0.15) is 38.7 Å². The third kappa shape index (κ3) is 4.88. The standard InChI is InChI=1S/C21H28FN3O3/c1-14(2)25-13-16(12-20(25)27)21(28)24-9-7-18(8-10-24)23-19(26)11-15-3-5-17(22)6-4-15/h3-6,14,16,18H,7-13H2,1-2H3,(H,23,26). The van der Waals surface area contributed by atoms with Crippen LogP contribution in [0.25, 0.3) is 0 Å². The smallest absolute Gasteiger partial charge is 0.227 e. The number of nitrogens with zero attached hydrogens (tertiary/aromatic N) is 2. The zero-order valence-corrected chi connectivity index (χ0v) is 16.5. The molecule has 1 atom stereocenters. The van der Waals surface area contributed by atoms with E-state index in [-0.39, 0.29) is 48.0 Å². The summed E-state index contributed by atoms with van der Waals surface area (Å²) in [5.74, 6) is -0.560. The molecule has 6 nitrogen and oxygen atoms in total. The number of benzene rings is 1. The first-order chi connectivity index (χ1) is 13.3. The molecule has 0 saturated carbocycles. The third-order valence-electron chi connectivity index (χ3n) is 5.58. The second-order valence-electron chi connectivity index (χ2n) is 8.01. The molecule has 2 fully saturated rings. The number of halogens is 1. The average molecular weight is 389 g/mol. The maximum absolute atomic E-state index is 12.9. The van der Waals surface area contributed by atoms with E-state index in [2.05, 4.69) is 5.32 Å². The lowest BCUT2D eigenvalue weighted by atomic mass is 10.0. The van der Waals surface area contributed by atoms with Crippen LogP contribution in [0, 0.1) is 11.7 Å². The van der Waals surface area contributed by atoms with Crippen LogP contribution in [-0.4, -0.2) is 59.2 Å². The number of hydrogen-bond donors (Lipinski definition) is 1. The van der Waals surface area contributed by atoms with E-state index in [1.165, 1.54) is 12.1 Å². The average Bonchev–Trinajstić information content (AvgIpc) is 3.06. The van der Waals surface area contributed by atoms with Gasteiger partial charge >= 0.3 is 0 Å². The molecule has 0 bridgehead atoms. The first-order valence-corrected chi connectivity index (χ1v) is 9.95. The van der Waals surface area contributed by atoms with Crippen molar-refractivity contribution in [1.29, 1.82) is 0 Å². The Morgan fingerprint density at radius 2 is 1.82 bits per heavy atom. The van der Waals surface area contributed by atoms with Gasteiger partial charge in [-0.1, -0.05) is 12.1 Å². The van der Waals surface area contributed by atoms with E-state index >= 15 is 0 Å². The van der Waals surface area contributed by atoms with Crippen molar-refractivity contribution in [2.24, 2.45) is 5.92 Å². The topological polar surface area (TPSA) is 69.7 Å². The number of nitrogens with one attached hydrogen (secondary N) is 1. The van der Waals surface area contributed by atoms with Crippen molar-refractivity contribution in [3.05, 3.63) is 35.6 Å². The summed E-state index contributed by atoms with van der Waals surface area (Å²) in [7, 11) is 0. The fourth-order valence-electron chi connectivity index (χ4n) is 3.96. The van der Waals surface area contributed by atoms with Crippen LogP contribution in [0.5, 0.6) is 0 Å². The van der Waals surface area contributed by atoms with Gasteiger partial charge in [-0.2, -0.15) is 0 Å². The van der Waals surface area contributed by atoms with Gasteiger partial charge in [0.2, 0.25) is 17.7 Å². The number of amides is 3. The summed E-state index contributed by atoms with van der Waals surface area (Å²) in [5.41, 5.74) is 0.770. The minimum absolute atomic E-state index is 0.0365. The second kappa shape index (κ2) is 8.71. The monoisotopic (exact) mass is 389 g/mol. The predicted octanol–water partition coefficient (Wildman–Crippen LogP) is 1.73. The normalized spacial score (nSPS) is 20.7. The highest BCUT2D eigenvalue weighted by molar-refractivity contribution is 5.89. The number of carbonyl (C=O) groups is 3. The van der Waals surface area contributed by atoms with Crippen molar-refractivity contribution in [3.63, 3.8) is 0 Å². The molecule has 7 heteroatoms. The van der Waals surface area contributed by atoms with Gasteiger partial charge in [0, 0.05) is 38.1 Å². The number of rotatable bonds is 5. The molecule has 1 unspecified atom stereocenters. The van der Waals surface area contributed by atoms with Gasteiger partial charge in [0.1, 0.15) is 5.82 Å². The Kier molecular flexibility index (Phi) is 6.31. The Morgan fingerprint density at radius 3 is 2.39 bits per heavy atom. The Balaban J connectivity index is 1.44. The minimum Gasteiger partial charge on any atom is -0.353 e. The zero-order valence-electron chi connectivity index (χ0n) is 16.5. The highest BCUT2D eigenvalue weighted by Crippen LogP contribution is 2.24. The Bertz CT molecular complexity index is 727. The second-order valence-corrected chi connectivity index (χ2v) is 8.01. The Morgan fingerprint density at radius 1 is 1.18 bits per heavy atom. The van der Waals surface area contributed by atoms with E-state index in [1.807, 2.05) is 18.7 Å². The van der Waals surface area contributed by atoms with Gasteiger partial charge in [-0.05, 0) is 44.4 Å². The van der Waals surface area contributed by atoms with Gasteiger partial charge in [-0.25, -0.2) is 4.39 Å². The fourth-order valence-corrected chi connectivity index (χ4v) is 3.96. The molecule has 2 aliphatic rings. The first-order valence-electron chi connectivity index (χ1n) is 9.95. The van der Waals surface area contributed by atoms with Crippen LogP contribution < -0.4 is 5.32 Å². The van der Waals surface area contributed by atoms with Gasteiger partial charge in [0.15, 0.2) is 0 Å². The van der Waals surface area contributed by atoms with Crippen LogP contribution >= 0.6 is 0 Å². The summed E-state index contributed by atoms with van der Waals surface area (Å²) in [5, 5.41) is 3.01. The maximum Gasteiger partial charge on any atom is 0.227 e. The summed E-state index contributed by atoms with van der Waals surface area (Å²) in [4.78, 5) is 40.6. The van der Waals surface area contributed by atoms with Crippen molar-refractivity contribution in [1.82, 2.24) is 15.1 Å². The van der Waals surface area contributed by atoms with Gasteiger partial charge in [0.05, 0.1) is 12.3 Å². The summed E-state index contributed by atoms with van der Waals surface area (Å²) in [6.45, 7) is 5.61. The lowest BCUT2D eigenvalue weighted by molar-refractivity contribution is -0.137. The summed E-state index contributed by atoms with van der Waals surface area (Å²) >= 11 is 0. The van der Waals surface area contributed by atoms with Crippen molar-refractivity contribution >= 4 is 17.7 Å². The van der Waals surface area contributed by atoms with Crippen LogP contribution in [0.2, 0.25) is 0 Å². The predicted molar refractivity (Wildman–Crippen MR) is 103 cm³/mol. The summed E-state index contributed by atoms with van der Waals surface area (Å²) < 4.78 is 12.9. The van der Waals surface area contributed by atoms with E-state index in [0.29, 0.717) is 38.9 Å². The van der Waals surface area contributed by atoms with Gasteiger partial charge < -0.3 is 15.1 Å². The van der Waals surface area contributed by atoms with E-state index in [9.17, 15) is 18.8 Å². The quantitative estimate of drug-likeness (QED) is 0.834. The zero-order chi connectivity index (χ0) is 20.3. The molecule has 152 valence electrons. The molecule has 3 amide bonds. The molecule has 3 rings (SSSR count). The van der Waals surface area contributed by atoms with Crippen molar-refractivity contribution in [2.45, 2.75) is 51.6 Å². The Hall–Kier alpha value is -2.44. The molecular weight excluding hydrogens is 361 g/mol. The van der Waals surface area contributed by atoms with E-state index in [1.54, 1.807) is 17.0 Å². The van der Waals surface area contributed by atoms with E-state index in [4.69, 9.17) is 0 Å². The highest BCUT2D eigenvalue weighted by atomic mass is 19.1. The number of likely N-dealkylation sites (tertiary alicyclic amines) is 2. The van der Waals surface area contributed by atoms with Crippen LogP contribution in [0.15, 0.2) is 24.3 Å². The molecule has 0 aliphatic carbocycles. The molecule has 2 heterocycles. The molecule has 1 aromatic rings. The number of carbonyl (C=O) groups excluding carboxylic acids is 3. The molecule has 0 spiro atoms. The molecule has 2 aliphatic heterocycles. The number of hydrogen-bond acceptors (Lipinski definition) is 3. The molecular formula is C21H28FN3O3. The maximum atomic E-state index is 12.9. The van der Waals surface area contributed by atoms with Gasteiger partial charge in [-0.3, -0.25) is 14.4 Å². The third-order valence-corrected chi connectivity index (χ3v) is 5.58. The molecule has 28 heavy (non-hydrogen) atoms. The van der Waals surface area contributed by atoms with Crippen LogP contribution in [0.3, 0.4) is 0 Å². The summed E-state index contributed by atoms with van der Waals surface area (Å²) in [6.07, 6.45) is 1.92. The largest absolute Gasteiger partial charge is 0.353 e. The van der Waals surface area contributed by atoms with Crippen LogP contribution in [-0.2, 0) is 20.8 Å². The SMILES string of the molecule is CC(C)N1CC(C(=O)N2CCC(NC(=O)Cc3ccc(F)cc3)CC2)CC1=O.